The van der Waals surface area contributed by atoms with Crippen molar-refractivity contribution >= 4 is 0 Å². The SMILES string of the molecule is CCC1CC(NC)c2cc(F)ccc21. The second-order valence-corrected chi connectivity index (χ2v) is 3.96. The molecule has 0 radical (unpaired) electrons. The molecule has 1 N–H and O–H groups in total. The van der Waals surface area contributed by atoms with Crippen LogP contribution in [-0.2, 0) is 0 Å². The first-order chi connectivity index (χ1) is 6.76. The Morgan fingerprint density at radius 3 is 2.86 bits per heavy atom. The van der Waals surface area contributed by atoms with Crippen LogP contribution in [0.2, 0.25) is 0 Å². The summed E-state index contributed by atoms with van der Waals surface area (Å²) in [5, 5.41) is 3.24. The van der Waals surface area contributed by atoms with Gasteiger partial charge in [0, 0.05) is 6.04 Å². The van der Waals surface area contributed by atoms with Gasteiger partial charge in [0.05, 0.1) is 0 Å². The van der Waals surface area contributed by atoms with Gasteiger partial charge in [-0.15, -0.1) is 0 Å². The summed E-state index contributed by atoms with van der Waals surface area (Å²) >= 11 is 0. The third kappa shape index (κ3) is 1.44. The van der Waals surface area contributed by atoms with Gasteiger partial charge in [0.25, 0.3) is 0 Å². The first-order valence-corrected chi connectivity index (χ1v) is 5.22. The van der Waals surface area contributed by atoms with E-state index >= 15 is 0 Å². The summed E-state index contributed by atoms with van der Waals surface area (Å²) in [7, 11) is 1.94. The van der Waals surface area contributed by atoms with Gasteiger partial charge >= 0.3 is 0 Å². The van der Waals surface area contributed by atoms with E-state index in [2.05, 4.69) is 12.2 Å². The summed E-state index contributed by atoms with van der Waals surface area (Å²) in [5.41, 5.74) is 2.48. The fourth-order valence-electron chi connectivity index (χ4n) is 2.42. The molecule has 0 spiro atoms. The number of hydrogen-bond donors (Lipinski definition) is 1. The molecule has 0 aliphatic heterocycles. The van der Waals surface area contributed by atoms with Gasteiger partial charge in [-0.3, -0.25) is 0 Å². The van der Waals surface area contributed by atoms with Crippen molar-refractivity contribution in [3.63, 3.8) is 0 Å². The number of nitrogens with one attached hydrogen (secondary N) is 1. The molecule has 1 aliphatic carbocycles. The van der Waals surface area contributed by atoms with Crippen LogP contribution >= 0.6 is 0 Å². The standard InChI is InChI=1S/C12H16FN/c1-3-8-6-12(14-2)11-7-9(13)4-5-10(8)11/h4-5,7-8,12,14H,3,6H2,1-2H3. The minimum absolute atomic E-state index is 0.124. The van der Waals surface area contributed by atoms with Gasteiger partial charge in [0.1, 0.15) is 5.82 Å². The topological polar surface area (TPSA) is 12.0 Å². The molecular formula is C12H16FN. The first-order valence-electron chi connectivity index (χ1n) is 5.22. The largest absolute Gasteiger partial charge is 0.313 e. The molecule has 14 heavy (non-hydrogen) atoms. The number of halogens is 1. The van der Waals surface area contributed by atoms with Crippen LogP contribution in [0.5, 0.6) is 0 Å². The van der Waals surface area contributed by atoms with E-state index in [1.807, 2.05) is 13.1 Å². The van der Waals surface area contributed by atoms with Gasteiger partial charge in [-0.1, -0.05) is 13.0 Å². The van der Waals surface area contributed by atoms with Gasteiger partial charge in [-0.2, -0.15) is 0 Å². The van der Waals surface area contributed by atoms with Crippen molar-refractivity contribution < 1.29 is 4.39 Å². The lowest BCUT2D eigenvalue weighted by molar-refractivity contribution is 0.525. The minimum Gasteiger partial charge on any atom is -0.313 e. The highest BCUT2D eigenvalue weighted by Gasteiger charge is 2.28. The Balaban J connectivity index is 2.42. The highest BCUT2D eigenvalue weighted by Crippen LogP contribution is 2.41. The van der Waals surface area contributed by atoms with Crippen LogP contribution in [0.25, 0.3) is 0 Å². The zero-order valence-electron chi connectivity index (χ0n) is 8.68. The Bertz CT molecular complexity index is 335. The average molecular weight is 193 g/mol. The van der Waals surface area contributed by atoms with Crippen molar-refractivity contribution in [2.24, 2.45) is 0 Å². The lowest BCUT2D eigenvalue weighted by Crippen LogP contribution is -2.13. The third-order valence-corrected chi connectivity index (χ3v) is 3.23. The van der Waals surface area contributed by atoms with Crippen LogP contribution in [0.15, 0.2) is 18.2 Å². The van der Waals surface area contributed by atoms with Crippen LogP contribution in [0.4, 0.5) is 4.39 Å². The quantitative estimate of drug-likeness (QED) is 0.761. The van der Waals surface area contributed by atoms with Crippen LogP contribution in [0, 0.1) is 5.82 Å². The number of benzene rings is 1. The highest BCUT2D eigenvalue weighted by molar-refractivity contribution is 5.38. The first kappa shape index (κ1) is 9.66. The predicted octanol–water partition coefficient (Wildman–Crippen LogP) is 2.98. The fraction of sp³-hybridized carbons (Fsp3) is 0.500. The molecule has 76 valence electrons. The van der Waals surface area contributed by atoms with E-state index in [0.717, 1.165) is 18.4 Å². The number of hydrogen-bond acceptors (Lipinski definition) is 1. The molecule has 1 aromatic rings. The Morgan fingerprint density at radius 2 is 2.21 bits per heavy atom. The van der Waals surface area contributed by atoms with E-state index in [1.165, 1.54) is 5.56 Å². The molecule has 2 rings (SSSR count). The maximum atomic E-state index is 13.1. The fourth-order valence-corrected chi connectivity index (χ4v) is 2.42. The van der Waals surface area contributed by atoms with E-state index in [4.69, 9.17) is 0 Å². The molecule has 1 aliphatic rings. The zero-order valence-corrected chi connectivity index (χ0v) is 8.68. The predicted molar refractivity (Wildman–Crippen MR) is 55.8 cm³/mol. The summed E-state index contributed by atoms with van der Waals surface area (Å²) in [5.74, 6) is 0.476. The lowest BCUT2D eigenvalue weighted by atomic mass is 9.99. The molecule has 0 amide bonds. The zero-order chi connectivity index (χ0) is 10.1. The summed E-state index contributed by atoms with van der Waals surface area (Å²) in [4.78, 5) is 0. The molecule has 2 atom stereocenters. The molecule has 2 heteroatoms. The van der Waals surface area contributed by atoms with E-state index in [9.17, 15) is 4.39 Å². The molecule has 2 unspecified atom stereocenters. The maximum Gasteiger partial charge on any atom is 0.123 e. The van der Waals surface area contributed by atoms with Crippen LogP contribution < -0.4 is 5.32 Å². The van der Waals surface area contributed by atoms with Gasteiger partial charge in [-0.25, -0.2) is 4.39 Å². The van der Waals surface area contributed by atoms with Crippen LogP contribution in [0.1, 0.15) is 42.9 Å². The van der Waals surface area contributed by atoms with E-state index in [-0.39, 0.29) is 5.82 Å². The van der Waals surface area contributed by atoms with E-state index in [1.54, 1.807) is 12.1 Å². The summed E-state index contributed by atoms with van der Waals surface area (Å²) in [6, 6.07) is 5.52. The van der Waals surface area contributed by atoms with Gasteiger partial charge in [0.15, 0.2) is 0 Å². The van der Waals surface area contributed by atoms with Crippen molar-refractivity contribution in [3.8, 4) is 0 Å². The van der Waals surface area contributed by atoms with E-state index in [0.29, 0.717) is 12.0 Å². The van der Waals surface area contributed by atoms with Crippen molar-refractivity contribution in [2.75, 3.05) is 7.05 Å². The normalized spacial score (nSPS) is 25.1. The second-order valence-electron chi connectivity index (χ2n) is 3.96. The molecule has 1 aromatic carbocycles. The molecular weight excluding hydrogens is 177 g/mol. The van der Waals surface area contributed by atoms with E-state index < -0.39 is 0 Å². The van der Waals surface area contributed by atoms with Gasteiger partial charge < -0.3 is 5.32 Å². The summed E-state index contributed by atoms with van der Waals surface area (Å²) in [6.07, 6.45) is 2.24. The molecule has 1 nitrogen and oxygen atoms in total. The molecule has 0 saturated heterocycles. The molecule has 0 heterocycles. The van der Waals surface area contributed by atoms with Crippen LogP contribution in [0.3, 0.4) is 0 Å². The van der Waals surface area contributed by atoms with Crippen molar-refractivity contribution in [1.29, 1.82) is 0 Å². The highest BCUT2D eigenvalue weighted by atomic mass is 19.1. The number of rotatable bonds is 2. The van der Waals surface area contributed by atoms with Crippen molar-refractivity contribution in [3.05, 3.63) is 35.1 Å². The Labute approximate surface area is 84.3 Å². The maximum absolute atomic E-state index is 13.1. The van der Waals surface area contributed by atoms with Gasteiger partial charge in [-0.05, 0) is 49.1 Å². The van der Waals surface area contributed by atoms with Crippen molar-refractivity contribution in [1.82, 2.24) is 5.32 Å². The van der Waals surface area contributed by atoms with Crippen LogP contribution in [-0.4, -0.2) is 7.05 Å². The molecule has 0 fully saturated rings. The molecule has 0 bridgehead atoms. The van der Waals surface area contributed by atoms with Gasteiger partial charge in [0.2, 0.25) is 0 Å². The van der Waals surface area contributed by atoms with Crippen molar-refractivity contribution in [2.45, 2.75) is 31.7 Å². The third-order valence-electron chi connectivity index (χ3n) is 3.23. The molecule has 0 aromatic heterocycles. The smallest absolute Gasteiger partial charge is 0.123 e. The summed E-state index contributed by atoms with van der Waals surface area (Å²) in [6.45, 7) is 2.19. The second kappa shape index (κ2) is 3.70. The minimum atomic E-state index is -0.124. The molecule has 0 saturated carbocycles. The Morgan fingerprint density at radius 1 is 1.43 bits per heavy atom. The Kier molecular flexibility index (Phi) is 2.55. The Hall–Kier alpha value is -0.890. The summed E-state index contributed by atoms with van der Waals surface area (Å²) < 4.78 is 13.1. The number of fused-ring (bicyclic) bond motifs is 1. The lowest BCUT2D eigenvalue weighted by Gasteiger charge is -2.09. The monoisotopic (exact) mass is 193 g/mol. The average Bonchev–Trinajstić information content (AvgIpc) is 2.55.